The van der Waals surface area contributed by atoms with Crippen LogP contribution in [0.3, 0.4) is 0 Å². The zero-order chi connectivity index (χ0) is 12.3. The summed E-state index contributed by atoms with van der Waals surface area (Å²) >= 11 is 0. The van der Waals surface area contributed by atoms with Crippen LogP contribution in [0.25, 0.3) is 0 Å². The first-order valence-corrected chi connectivity index (χ1v) is 7.64. The molecule has 0 amide bonds. The molecule has 2 aliphatic rings. The van der Waals surface area contributed by atoms with E-state index in [0.29, 0.717) is 0 Å². The Hall–Kier alpha value is -0.0800. The summed E-state index contributed by atoms with van der Waals surface area (Å²) in [5.74, 6) is 2.78. The molecular weight excluding hydrogens is 208 g/mol. The molecule has 2 saturated heterocycles. The molecule has 2 heterocycles. The van der Waals surface area contributed by atoms with E-state index in [-0.39, 0.29) is 0 Å². The van der Waals surface area contributed by atoms with E-state index in [9.17, 15) is 0 Å². The lowest BCUT2D eigenvalue weighted by atomic mass is 9.87. The first-order valence-electron chi connectivity index (χ1n) is 7.64. The summed E-state index contributed by atoms with van der Waals surface area (Å²) in [6.07, 6.45) is 5.55. The topological polar surface area (TPSA) is 15.3 Å². The second-order valence-electron chi connectivity index (χ2n) is 6.45. The van der Waals surface area contributed by atoms with Crippen molar-refractivity contribution in [2.24, 2.45) is 17.8 Å². The van der Waals surface area contributed by atoms with Gasteiger partial charge in [0.1, 0.15) is 0 Å². The summed E-state index contributed by atoms with van der Waals surface area (Å²) in [5.41, 5.74) is 0. The first kappa shape index (κ1) is 13.4. The van der Waals surface area contributed by atoms with E-state index in [4.69, 9.17) is 0 Å². The third-order valence-corrected chi connectivity index (χ3v) is 5.08. The van der Waals surface area contributed by atoms with Crippen LogP contribution in [0.1, 0.15) is 46.5 Å². The maximum Gasteiger partial charge on any atom is 0.0197 e. The predicted molar refractivity (Wildman–Crippen MR) is 74.2 cm³/mol. The molecule has 0 aromatic rings. The molecule has 0 aromatic heterocycles. The van der Waals surface area contributed by atoms with E-state index in [1.807, 2.05) is 0 Å². The maximum atomic E-state index is 3.72. The molecule has 100 valence electrons. The Balaban J connectivity index is 1.76. The van der Waals surface area contributed by atoms with Crippen LogP contribution in [-0.4, -0.2) is 37.1 Å². The molecule has 0 bridgehead atoms. The first-order chi connectivity index (χ1) is 8.19. The highest BCUT2D eigenvalue weighted by Crippen LogP contribution is 2.24. The third-order valence-electron chi connectivity index (χ3n) is 5.08. The number of piperidine rings is 2. The Morgan fingerprint density at radius 1 is 1.18 bits per heavy atom. The second-order valence-corrected chi connectivity index (χ2v) is 6.45. The summed E-state index contributed by atoms with van der Waals surface area (Å²) in [5, 5.41) is 3.72. The van der Waals surface area contributed by atoms with Crippen LogP contribution in [-0.2, 0) is 0 Å². The minimum Gasteiger partial charge on any atom is -0.313 e. The minimum absolute atomic E-state index is 0.759. The van der Waals surface area contributed by atoms with Gasteiger partial charge in [0.05, 0.1) is 0 Å². The van der Waals surface area contributed by atoms with E-state index in [1.54, 1.807) is 0 Å². The number of nitrogens with one attached hydrogen (secondary N) is 1. The minimum atomic E-state index is 0.759. The molecule has 0 aromatic carbocycles. The highest BCUT2D eigenvalue weighted by molar-refractivity contribution is 4.83. The third kappa shape index (κ3) is 3.69. The fourth-order valence-electron chi connectivity index (χ4n) is 3.43. The van der Waals surface area contributed by atoms with Crippen molar-refractivity contribution >= 4 is 0 Å². The predicted octanol–water partition coefficient (Wildman–Crippen LogP) is 2.74. The van der Waals surface area contributed by atoms with Gasteiger partial charge >= 0.3 is 0 Å². The zero-order valence-electron chi connectivity index (χ0n) is 11.9. The van der Waals surface area contributed by atoms with Crippen molar-refractivity contribution in [3.8, 4) is 0 Å². The lowest BCUT2D eigenvalue weighted by Gasteiger charge is -2.39. The largest absolute Gasteiger partial charge is 0.313 e. The van der Waals surface area contributed by atoms with E-state index in [0.717, 1.165) is 23.8 Å². The molecule has 2 aliphatic heterocycles. The lowest BCUT2D eigenvalue weighted by Crippen LogP contribution is -2.49. The maximum absolute atomic E-state index is 3.72. The van der Waals surface area contributed by atoms with Gasteiger partial charge in [-0.25, -0.2) is 0 Å². The van der Waals surface area contributed by atoms with Gasteiger partial charge in [0.2, 0.25) is 0 Å². The molecule has 2 fully saturated rings. The molecule has 0 saturated carbocycles. The molecule has 17 heavy (non-hydrogen) atoms. The van der Waals surface area contributed by atoms with Gasteiger partial charge in [-0.3, -0.25) is 0 Å². The van der Waals surface area contributed by atoms with E-state index in [2.05, 4.69) is 31.0 Å². The molecule has 2 rings (SSSR count). The van der Waals surface area contributed by atoms with Crippen molar-refractivity contribution in [2.45, 2.75) is 52.5 Å². The van der Waals surface area contributed by atoms with Crippen molar-refractivity contribution in [3.63, 3.8) is 0 Å². The molecule has 2 heteroatoms. The number of likely N-dealkylation sites (tertiary alicyclic amines) is 1. The summed E-state index contributed by atoms with van der Waals surface area (Å²) in [7, 11) is 0. The van der Waals surface area contributed by atoms with Crippen molar-refractivity contribution in [1.29, 1.82) is 0 Å². The Bertz CT molecular complexity index is 225. The van der Waals surface area contributed by atoms with Crippen LogP contribution in [0.4, 0.5) is 0 Å². The Kier molecular flexibility index (Phi) is 4.87. The van der Waals surface area contributed by atoms with Crippen LogP contribution in [0.15, 0.2) is 0 Å². The van der Waals surface area contributed by atoms with Gasteiger partial charge in [-0.1, -0.05) is 27.2 Å². The van der Waals surface area contributed by atoms with Gasteiger partial charge in [-0.15, -0.1) is 0 Å². The fourth-order valence-corrected chi connectivity index (χ4v) is 3.43. The summed E-state index contributed by atoms with van der Waals surface area (Å²) in [6.45, 7) is 12.3. The highest BCUT2D eigenvalue weighted by atomic mass is 15.2. The van der Waals surface area contributed by atoms with Crippen LogP contribution >= 0.6 is 0 Å². The Morgan fingerprint density at radius 3 is 2.71 bits per heavy atom. The smallest absolute Gasteiger partial charge is 0.0197 e. The molecule has 4 atom stereocenters. The number of nitrogens with zero attached hydrogens (tertiary/aromatic N) is 1. The van der Waals surface area contributed by atoms with Crippen molar-refractivity contribution in [3.05, 3.63) is 0 Å². The number of hydrogen-bond acceptors (Lipinski definition) is 2. The monoisotopic (exact) mass is 238 g/mol. The van der Waals surface area contributed by atoms with Crippen molar-refractivity contribution < 1.29 is 0 Å². The van der Waals surface area contributed by atoms with Gasteiger partial charge in [0.25, 0.3) is 0 Å². The SMILES string of the molecule is CCC1CCNC(CN2CCC(C)C(C)C2)C1. The van der Waals surface area contributed by atoms with Crippen molar-refractivity contribution in [1.82, 2.24) is 10.2 Å². The average molecular weight is 238 g/mol. The quantitative estimate of drug-likeness (QED) is 0.813. The van der Waals surface area contributed by atoms with Gasteiger partial charge in [-0.05, 0) is 50.1 Å². The van der Waals surface area contributed by atoms with Gasteiger partial charge in [0.15, 0.2) is 0 Å². The standard InChI is InChI=1S/C15H30N2/c1-4-14-5-7-16-15(9-14)11-17-8-6-12(2)13(3)10-17/h12-16H,4-11H2,1-3H3. The van der Waals surface area contributed by atoms with Gasteiger partial charge in [0, 0.05) is 19.1 Å². The number of rotatable bonds is 3. The summed E-state index contributed by atoms with van der Waals surface area (Å²) in [4.78, 5) is 2.69. The Morgan fingerprint density at radius 2 is 2.00 bits per heavy atom. The van der Waals surface area contributed by atoms with Crippen LogP contribution in [0.2, 0.25) is 0 Å². The average Bonchev–Trinajstić information content (AvgIpc) is 2.34. The zero-order valence-corrected chi connectivity index (χ0v) is 11.9. The lowest BCUT2D eigenvalue weighted by molar-refractivity contribution is 0.115. The second kappa shape index (κ2) is 6.19. The van der Waals surface area contributed by atoms with Gasteiger partial charge < -0.3 is 10.2 Å². The molecule has 0 aliphatic carbocycles. The fraction of sp³-hybridized carbons (Fsp3) is 1.00. The normalized spacial score (nSPS) is 40.4. The van der Waals surface area contributed by atoms with E-state index >= 15 is 0 Å². The van der Waals surface area contributed by atoms with Gasteiger partial charge in [-0.2, -0.15) is 0 Å². The number of hydrogen-bond donors (Lipinski definition) is 1. The summed E-state index contributed by atoms with van der Waals surface area (Å²) in [6, 6.07) is 0.759. The molecule has 2 nitrogen and oxygen atoms in total. The molecular formula is C15H30N2. The van der Waals surface area contributed by atoms with Crippen LogP contribution < -0.4 is 5.32 Å². The van der Waals surface area contributed by atoms with E-state index in [1.165, 1.54) is 51.9 Å². The van der Waals surface area contributed by atoms with Crippen LogP contribution in [0, 0.1) is 17.8 Å². The van der Waals surface area contributed by atoms with Crippen LogP contribution in [0.5, 0.6) is 0 Å². The molecule has 0 spiro atoms. The van der Waals surface area contributed by atoms with E-state index < -0.39 is 0 Å². The summed E-state index contributed by atoms with van der Waals surface area (Å²) < 4.78 is 0. The Labute approximate surface area is 107 Å². The highest BCUT2D eigenvalue weighted by Gasteiger charge is 2.26. The van der Waals surface area contributed by atoms with Crippen molar-refractivity contribution in [2.75, 3.05) is 26.2 Å². The molecule has 0 radical (unpaired) electrons. The molecule has 1 N–H and O–H groups in total. The molecule has 4 unspecified atom stereocenters.